The summed E-state index contributed by atoms with van der Waals surface area (Å²) in [5.41, 5.74) is 0.736. The number of hydrogen-bond acceptors (Lipinski definition) is 5. The summed E-state index contributed by atoms with van der Waals surface area (Å²) in [6, 6.07) is 8.67. The van der Waals surface area contributed by atoms with E-state index in [0.717, 1.165) is 5.69 Å². The standard InChI is InChI=1S/C16H20N2O4S/c1-12-11-16(13(2)22-12)23(20,21)18-9-7-17(8-10-18)14-5-3-4-6-15(14)19/h3-6,11,19H,7-10H2,1-2H3. The van der Waals surface area contributed by atoms with Crippen LogP contribution in [0.2, 0.25) is 0 Å². The van der Waals surface area contributed by atoms with E-state index in [1.54, 1.807) is 32.0 Å². The molecule has 124 valence electrons. The molecule has 1 fully saturated rings. The molecule has 0 spiro atoms. The molecule has 7 heteroatoms. The summed E-state index contributed by atoms with van der Waals surface area (Å²) in [6.07, 6.45) is 0. The van der Waals surface area contributed by atoms with Gasteiger partial charge in [0, 0.05) is 26.2 Å². The number of benzene rings is 1. The van der Waals surface area contributed by atoms with Crippen molar-refractivity contribution in [3.8, 4) is 5.75 Å². The van der Waals surface area contributed by atoms with E-state index in [9.17, 15) is 13.5 Å². The van der Waals surface area contributed by atoms with Crippen molar-refractivity contribution >= 4 is 15.7 Å². The first-order valence-electron chi connectivity index (χ1n) is 7.50. The van der Waals surface area contributed by atoms with Crippen LogP contribution < -0.4 is 4.90 Å². The smallest absolute Gasteiger partial charge is 0.246 e. The van der Waals surface area contributed by atoms with Crippen LogP contribution in [0.15, 0.2) is 39.6 Å². The number of furan rings is 1. The fourth-order valence-electron chi connectivity index (χ4n) is 2.90. The van der Waals surface area contributed by atoms with Crippen molar-refractivity contribution in [2.24, 2.45) is 0 Å². The summed E-state index contributed by atoms with van der Waals surface area (Å²) in [4.78, 5) is 2.24. The number of para-hydroxylation sites is 2. The number of aryl methyl sites for hydroxylation is 2. The highest BCUT2D eigenvalue weighted by molar-refractivity contribution is 7.89. The third kappa shape index (κ3) is 2.94. The zero-order chi connectivity index (χ0) is 16.6. The molecule has 0 atom stereocenters. The number of phenolic OH excluding ortho intramolecular Hbond substituents is 1. The zero-order valence-electron chi connectivity index (χ0n) is 13.2. The first kappa shape index (κ1) is 15.9. The Balaban J connectivity index is 1.76. The van der Waals surface area contributed by atoms with Gasteiger partial charge >= 0.3 is 0 Å². The SMILES string of the molecule is Cc1cc(S(=O)(=O)N2CCN(c3ccccc3O)CC2)c(C)o1. The number of anilines is 1. The van der Waals surface area contributed by atoms with Gasteiger partial charge in [-0.25, -0.2) is 8.42 Å². The van der Waals surface area contributed by atoms with Crippen molar-refractivity contribution in [2.75, 3.05) is 31.1 Å². The average molecular weight is 336 g/mol. The molecule has 1 N–H and O–H groups in total. The molecule has 0 radical (unpaired) electrons. The lowest BCUT2D eigenvalue weighted by atomic mass is 10.2. The normalized spacial score (nSPS) is 16.7. The van der Waals surface area contributed by atoms with Crippen LogP contribution in [0.25, 0.3) is 0 Å². The monoisotopic (exact) mass is 336 g/mol. The van der Waals surface area contributed by atoms with E-state index in [1.807, 2.05) is 17.0 Å². The molecule has 0 saturated carbocycles. The lowest BCUT2D eigenvalue weighted by molar-refractivity contribution is 0.381. The molecule has 0 unspecified atom stereocenters. The summed E-state index contributed by atoms with van der Waals surface area (Å²) in [5, 5.41) is 9.92. The molecule has 23 heavy (non-hydrogen) atoms. The molecule has 1 saturated heterocycles. The third-order valence-electron chi connectivity index (χ3n) is 4.07. The highest BCUT2D eigenvalue weighted by Crippen LogP contribution is 2.29. The third-order valence-corrected chi connectivity index (χ3v) is 6.08. The fourth-order valence-corrected chi connectivity index (χ4v) is 4.55. The second-order valence-electron chi connectivity index (χ2n) is 5.66. The molecule has 1 aromatic carbocycles. The van der Waals surface area contributed by atoms with Gasteiger partial charge in [0.1, 0.15) is 22.2 Å². The highest BCUT2D eigenvalue weighted by atomic mass is 32.2. The van der Waals surface area contributed by atoms with Crippen LogP contribution in [0.3, 0.4) is 0 Å². The summed E-state index contributed by atoms with van der Waals surface area (Å²) in [6.45, 7) is 5.22. The van der Waals surface area contributed by atoms with Crippen LogP contribution in [-0.4, -0.2) is 44.0 Å². The first-order valence-corrected chi connectivity index (χ1v) is 8.94. The Labute approximate surface area is 136 Å². The highest BCUT2D eigenvalue weighted by Gasteiger charge is 2.31. The van der Waals surface area contributed by atoms with Crippen LogP contribution in [0.1, 0.15) is 11.5 Å². The quantitative estimate of drug-likeness (QED) is 0.929. The van der Waals surface area contributed by atoms with Crippen LogP contribution in [-0.2, 0) is 10.0 Å². The van der Waals surface area contributed by atoms with E-state index in [-0.39, 0.29) is 10.6 Å². The van der Waals surface area contributed by atoms with E-state index in [1.165, 1.54) is 4.31 Å². The molecule has 0 bridgehead atoms. The Kier molecular flexibility index (Phi) is 4.08. The predicted molar refractivity (Wildman–Crippen MR) is 87.3 cm³/mol. The minimum Gasteiger partial charge on any atom is -0.506 e. The summed E-state index contributed by atoms with van der Waals surface area (Å²) in [5.74, 6) is 1.23. The number of nitrogens with zero attached hydrogens (tertiary/aromatic N) is 2. The number of rotatable bonds is 3. The molecular weight excluding hydrogens is 316 g/mol. The van der Waals surface area contributed by atoms with Crippen LogP contribution >= 0.6 is 0 Å². The first-order chi connectivity index (χ1) is 10.9. The van der Waals surface area contributed by atoms with Gasteiger partial charge in [0.05, 0.1) is 5.69 Å². The van der Waals surface area contributed by atoms with Crippen LogP contribution in [0.5, 0.6) is 5.75 Å². The predicted octanol–water partition coefficient (Wildman–Crippen LogP) is 2.11. The maximum Gasteiger partial charge on any atom is 0.246 e. The minimum absolute atomic E-state index is 0.213. The molecule has 1 aliphatic heterocycles. The average Bonchev–Trinajstić information content (AvgIpc) is 2.87. The maximum absolute atomic E-state index is 12.7. The maximum atomic E-state index is 12.7. The van der Waals surface area contributed by atoms with E-state index in [4.69, 9.17) is 4.42 Å². The van der Waals surface area contributed by atoms with Gasteiger partial charge in [0.15, 0.2) is 0 Å². The largest absolute Gasteiger partial charge is 0.506 e. The van der Waals surface area contributed by atoms with Crippen molar-refractivity contribution in [2.45, 2.75) is 18.7 Å². The Bertz CT molecular complexity index is 805. The molecule has 6 nitrogen and oxygen atoms in total. The molecular formula is C16H20N2O4S. The molecule has 3 rings (SSSR count). The van der Waals surface area contributed by atoms with Crippen molar-refractivity contribution in [1.29, 1.82) is 0 Å². The van der Waals surface area contributed by atoms with E-state index in [0.29, 0.717) is 37.7 Å². The lowest BCUT2D eigenvalue weighted by Crippen LogP contribution is -2.48. The van der Waals surface area contributed by atoms with Gasteiger partial charge in [-0.3, -0.25) is 0 Å². The lowest BCUT2D eigenvalue weighted by Gasteiger charge is -2.35. The Morgan fingerprint density at radius 1 is 1.09 bits per heavy atom. The number of phenols is 1. The molecule has 2 heterocycles. The van der Waals surface area contributed by atoms with Gasteiger partial charge in [-0.05, 0) is 32.0 Å². The van der Waals surface area contributed by atoms with Gasteiger partial charge in [0.25, 0.3) is 0 Å². The van der Waals surface area contributed by atoms with Crippen molar-refractivity contribution in [3.05, 3.63) is 41.9 Å². The van der Waals surface area contributed by atoms with Crippen molar-refractivity contribution < 1.29 is 17.9 Å². The van der Waals surface area contributed by atoms with Gasteiger partial charge < -0.3 is 14.4 Å². The second kappa shape index (κ2) is 5.90. The van der Waals surface area contributed by atoms with Gasteiger partial charge in [0.2, 0.25) is 10.0 Å². The second-order valence-corrected chi connectivity index (χ2v) is 7.56. The Hall–Kier alpha value is -1.99. The van der Waals surface area contributed by atoms with E-state index < -0.39 is 10.0 Å². The zero-order valence-corrected chi connectivity index (χ0v) is 14.0. The van der Waals surface area contributed by atoms with Gasteiger partial charge in [-0.1, -0.05) is 12.1 Å². The Morgan fingerprint density at radius 2 is 1.74 bits per heavy atom. The van der Waals surface area contributed by atoms with Gasteiger partial charge in [-0.2, -0.15) is 4.31 Å². The Morgan fingerprint density at radius 3 is 2.30 bits per heavy atom. The molecule has 0 amide bonds. The minimum atomic E-state index is -3.54. The van der Waals surface area contributed by atoms with E-state index >= 15 is 0 Å². The van der Waals surface area contributed by atoms with Crippen molar-refractivity contribution in [1.82, 2.24) is 4.31 Å². The summed E-state index contributed by atoms with van der Waals surface area (Å²) < 4.78 is 32.3. The molecule has 1 aliphatic rings. The number of sulfonamides is 1. The number of piperazine rings is 1. The molecule has 0 aliphatic carbocycles. The molecule has 1 aromatic heterocycles. The topological polar surface area (TPSA) is 74.0 Å². The summed E-state index contributed by atoms with van der Waals surface area (Å²) in [7, 11) is -3.54. The molecule has 2 aromatic rings. The van der Waals surface area contributed by atoms with Gasteiger partial charge in [-0.15, -0.1) is 0 Å². The van der Waals surface area contributed by atoms with E-state index in [2.05, 4.69) is 0 Å². The van der Waals surface area contributed by atoms with Crippen LogP contribution in [0, 0.1) is 13.8 Å². The van der Waals surface area contributed by atoms with Crippen LogP contribution in [0.4, 0.5) is 5.69 Å². The van der Waals surface area contributed by atoms with Crippen molar-refractivity contribution in [3.63, 3.8) is 0 Å². The number of hydrogen-bond donors (Lipinski definition) is 1. The summed E-state index contributed by atoms with van der Waals surface area (Å²) >= 11 is 0. The fraction of sp³-hybridized carbons (Fsp3) is 0.375. The number of aromatic hydroxyl groups is 1.